The van der Waals surface area contributed by atoms with Crippen LogP contribution in [0.3, 0.4) is 0 Å². The van der Waals surface area contributed by atoms with Gasteiger partial charge in [-0.15, -0.1) is 11.6 Å². The summed E-state index contributed by atoms with van der Waals surface area (Å²) in [5.41, 5.74) is 0.639. The molecule has 0 aliphatic heterocycles. The molecule has 0 aromatic heterocycles. The van der Waals surface area contributed by atoms with Gasteiger partial charge in [-0.2, -0.15) is 0 Å². The largest absolute Gasteiger partial charge is 0.454 e. The molecule has 0 fully saturated rings. The van der Waals surface area contributed by atoms with Crippen LogP contribution in [0.15, 0.2) is 40.9 Å². The van der Waals surface area contributed by atoms with Crippen molar-refractivity contribution in [2.24, 2.45) is 0 Å². The maximum atomic E-state index is 10.8. The molecule has 0 N–H and O–H groups in total. The monoisotopic (exact) mass is 375 g/mol. The van der Waals surface area contributed by atoms with Crippen molar-refractivity contribution in [1.29, 1.82) is 0 Å². The van der Waals surface area contributed by atoms with Crippen LogP contribution in [0.2, 0.25) is 5.02 Å². The summed E-state index contributed by atoms with van der Waals surface area (Å²) in [6, 6.07) is 9.45. The predicted octanol–water partition coefficient (Wildman–Crippen LogP) is 5.54. The van der Waals surface area contributed by atoms with Crippen LogP contribution < -0.4 is 4.74 Å². The Morgan fingerprint density at radius 1 is 1.30 bits per heavy atom. The Hall–Kier alpha value is -1.30. The van der Waals surface area contributed by atoms with Crippen molar-refractivity contribution in [2.75, 3.05) is 0 Å². The SMILES string of the molecule is O=[N+]([O-])c1ccc(Br)c(Oc2c(Cl)cccc2CCl)c1. The molecule has 4 nitrogen and oxygen atoms in total. The van der Waals surface area contributed by atoms with E-state index in [-0.39, 0.29) is 11.6 Å². The fourth-order valence-corrected chi connectivity index (χ4v) is 2.34. The zero-order valence-electron chi connectivity index (χ0n) is 9.98. The summed E-state index contributed by atoms with van der Waals surface area (Å²) in [4.78, 5) is 10.3. The Morgan fingerprint density at radius 3 is 2.70 bits per heavy atom. The van der Waals surface area contributed by atoms with E-state index in [0.717, 1.165) is 0 Å². The third-order valence-electron chi connectivity index (χ3n) is 2.53. The van der Waals surface area contributed by atoms with Gasteiger partial charge in [0, 0.05) is 11.6 Å². The molecule has 20 heavy (non-hydrogen) atoms. The molecule has 104 valence electrons. The van der Waals surface area contributed by atoms with Crippen molar-refractivity contribution in [1.82, 2.24) is 0 Å². The summed E-state index contributed by atoms with van der Waals surface area (Å²) in [5, 5.41) is 11.2. The molecule has 0 aliphatic carbocycles. The van der Waals surface area contributed by atoms with Crippen molar-refractivity contribution in [3.05, 3.63) is 61.6 Å². The number of hydrogen-bond donors (Lipinski definition) is 0. The normalized spacial score (nSPS) is 10.3. The van der Waals surface area contributed by atoms with Crippen molar-refractivity contribution >= 4 is 44.8 Å². The Labute approximate surface area is 133 Å². The van der Waals surface area contributed by atoms with Gasteiger partial charge in [0.05, 0.1) is 26.4 Å². The van der Waals surface area contributed by atoms with Crippen LogP contribution in [0.4, 0.5) is 5.69 Å². The molecule has 0 saturated carbocycles. The second-order valence-electron chi connectivity index (χ2n) is 3.84. The summed E-state index contributed by atoms with van der Waals surface area (Å²) in [6.07, 6.45) is 0. The lowest BCUT2D eigenvalue weighted by Gasteiger charge is -2.12. The molecular formula is C13H8BrCl2NO3. The molecule has 0 heterocycles. The quantitative estimate of drug-likeness (QED) is 0.399. The topological polar surface area (TPSA) is 52.4 Å². The molecule has 0 atom stereocenters. The first-order valence-corrected chi connectivity index (χ1v) is 7.18. The van der Waals surface area contributed by atoms with Crippen LogP contribution in [0.1, 0.15) is 5.56 Å². The zero-order chi connectivity index (χ0) is 14.7. The molecule has 0 amide bonds. The Balaban J connectivity index is 2.44. The lowest BCUT2D eigenvalue weighted by molar-refractivity contribution is -0.384. The highest BCUT2D eigenvalue weighted by molar-refractivity contribution is 9.10. The number of ether oxygens (including phenoxy) is 1. The highest BCUT2D eigenvalue weighted by Crippen LogP contribution is 2.38. The van der Waals surface area contributed by atoms with Gasteiger partial charge in [0.1, 0.15) is 11.5 Å². The van der Waals surface area contributed by atoms with E-state index in [1.807, 2.05) is 0 Å². The van der Waals surface area contributed by atoms with Crippen molar-refractivity contribution in [3.63, 3.8) is 0 Å². The van der Waals surface area contributed by atoms with Gasteiger partial charge in [-0.25, -0.2) is 0 Å². The molecule has 2 aromatic rings. The fourth-order valence-electron chi connectivity index (χ4n) is 1.57. The molecule has 0 bridgehead atoms. The number of benzene rings is 2. The Bertz CT molecular complexity index is 664. The molecule has 2 rings (SSSR count). The van der Waals surface area contributed by atoms with Crippen LogP contribution in [-0.4, -0.2) is 4.92 Å². The van der Waals surface area contributed by atoms with E-state index < -0.39 is 4.92 Å². The van der Waals surface area contributed by atoms with Gasteiger partial charge >= 0.3 is 0 Å². The van der Waals surface area contributed by atoms with E-state index in [4.69, 9.17) is 27.9 Å². The average molecular weight is 377 g/mol. The predicted molar refractivity (Wildman–Crippen MR) is 81.9 cm³/mol. The summed E-state index contributed by atoms with van der Waals surface area (Å²) >= 11 is 15.2. The summed E-state index contributed by atoms with van der Waals surface area (Å²) in [5.74, 6) is 0.923. The molecule has 0 spiro atoms. The van der Waals surface area contributed by atoms with Crippen LogP contribution in [0, 0.1) is 10.1 Å². The average Bonchev–Trinajstić information content (AvgIpc) is 2.42. The minimum atomic E-state index is -0.492. The first-order chi connectivity index (χ1) is 9.52. The standard InChI is InChI=1S/C13H8BrCl2NO3/c14-10-5-4-9(17(18)19)6-12(10)20-13-8(7-15)2-1-3-11(13)16/h1-6H,7H2. The summed E-state index contributed by atoms with van der Waals surface area (Å²) in [7, 11) is 0. The lowest BCUT2D eigenvalue weighted by Crippen LogP contribution is -1.93. The van der Waals surface area contributed by atoms with Gasteiger partial charge in [-0.1, -0.05) is 23.7 Å². The number of alkyl halides is 1. The highest BCUT2D eigenvalue weighted by atomic mass is 79.9. The first kappa shape index (κ1) is 15.1. The van der Waals surface area contributed by atoms with Crippen LogP contribution in [0.5, 0.6) is 11.5 Å². The fraction of sp³-hybridized carbons (Fsp3) is 0.0769. The zero-order valence-corrected chi connectivity index (χ0v) is 13.1. The number of para-hydroxylation sites is 1. The van der Waals surface area contributed by atoms with Crippen molar-refractivity contribution in [2.45, 2.75) is 5.88 Å². The Morgan fingerprint density at radius 2 is 2.05 bits per heavy atom. The number of hydrogen-bond acceptors (Lipinski definition) is 3. The second kappa shape index (κ2) is 6.43. The van der Waals surface area contributed by atoms with Crippen LogP contribution in [-0.2, 0) is 5.88 Å². The lowest BCUT2D eigenvalue weighted by atomic mass is 10.2. The van der Waals surface area contributed by atoms with Crippen LogP contribution in [0.25, 0.3) is 0 Å². The molecule has 0 unspecified atom stereocenters. The van der Waals surface area contributed by atoms with E-state index in [0.29, 0.717) is 26.6 Å². The van der Waals surface area contributed by atoms with E-state index >= 15 is 0 Å². The molecule has 0 saturated heterocycles. The number of halogens is 3. The third kappa shape index (κ3) is 3.23. The highest BCUT2D eigenvalue weighted by Gasteiger charge is 2.14. The van der Waals surface area contributed by atoms with E-state index in [1.165, 1.54) is 12.1 Å². The summed E-state index contributed by atoms with van der Waals surface area (Å²) in [6.45, 7) is 0. The maximum Gasteiger partial charge on any atom is 0.273 e. The second-order valence-corrected chi connectivity index (χ2v) is 5.36. The first-order valence-electron chi connectivity index (χ1n) is 5.48. The minimum absolute atomic E-state index is 0.0670. The van der Waals surface area contributed by atoms with Gasteiger partial charge < -0.3 is 4.74 Å². The van der Waals surface area contributed by atoms with Gasteiger partial charge in [-0.3, -0.25) is 10.1 Å². The minimum Gasteiger partial charge on any atom is -0.454 e. The number of nitro groups is 1. The van der Waals surface area contributed by atoms with E-state index in [2.05, 4.69) is 15.9 Å². The number of nitrogens with zero attached hydrogens (tertiary/aromatic N) is 1. The van der Waals surface area contributed by atoms with Gasteiger partial charge in [0.25, 0.3) is 5.69 Å². The van der Waals surface area contributed by atoms with Crippen molar-refractivity contribution in [3.8, 4) is 11.5 Å². The number of rotatable bonds is 4. The van der Waals surface area contributed by atoms with Gasteiger partial charge in [0.15, 0.2) is 0 Å². The molecule has 2 aromatic carbocycles. The van der Waals surface area contributed by atoms with Gasteiger partial charge in [-0.05, 0) is 28.1 Å². The molecular weight excluding hydrogens is 369 g/mol. The molecule has 7 heteroatoms. The van der Waals surface area contributed by atoms with E-state index in [1.54, 1.807) is 24.3 Å². The molecule has 0 radical (unpaired) electrons. The molecule has 0 aliphatic rings. The van der Waals surface area contributed by atoms with Crippen molar-refractivity contribution < 1.29 is 9.66 Å². The summed E-state index contributed by atoms with van der Waals surface area (Å²) < 4.78 is 6.27. The number of nitro benzene ring substituents is 1. The van der Waals surface area contributed by atoms with E-state index in [9.17, 15) is 10.1 Å². The van der Waals surface area contributed by atoms with Crippen LogP contribution >= 0.6 is 39.1 Å². The number of non-ortho nitro benzene ring substituents is 1. The maximum absolute atomic E-state index is 10.8. The third-order valence-corrected chi connectivity index (χ3v) is 3.77. The smallest absolute Gasteiger partial charge is 0.273 e. The Kier molecular flexibility index (Phi) is 4.86. The van der Waals surface area contributed by atoms with Gasteiger partial charge in [0.2, 0.25) is 0 Å².